The van der Waals surface area contributed by atoms with Gasteiger partial charge in [-0.2, -0.15) is 0 Å². The van der Waals surface area contributed by atoms with Crippen molar-refractivity contribution >= 4 is 11.9 Å². The number of hydrogen-bond donors (Lipinski definition) is 0. The molecule has 2 saturated carbocycles. The maximum absolute atomic E-state index is 11.8. The molecule has 0 saturated heterocycles. The summed E-state index contributed by atoms with van der Waals surface area (Å²) in [5, 5.41) is 0. The Morgan fingerprint density at radius 2 is 1.00 bits per heavy atom. The first-order valence-electron chi connectivity index (χ1n) is 8.03. The van der Waals surface area contributed by atoms with Crippen molar-refractivity contribution in [3.63, 3.8) is 0 Å². The first-order valence-corrected chi connectivity index (χ1v) is 8.03. The molecule has 110 valence electrons. The molecule has 2 rings (SSSR count). The third-order valence-electron chi connectivity index (χ3n) is 4.08. The van der Waals surface area contributed by atoms with Crippen LogP contribution in [0.2, 0.25) is 0 Å². The van der Waals surface area contributed by atoms with Gasteiger partial charge in [-0.15, -0.1) is 0 Å². The van der Waals surface area contributed by atoms with Crippen molar-refractivity contribution in [1.29, 1.82) is 0 Å². The highest BCUT2D eigenvalue weighted by molar-refractivity contribution is 5.87. The molecule has 3 heteroatoms. The molecule has 0 radical (unpaired) electrons. The lowest BCUT2D eigenvalue weighted by Crippen LogP contribution is -2.28. The van der Waals surface area contributed by atoms with Crippen molar-refractivity contribution in [3.8, 4) is 0 Å². The maximum atomic E-state index is 11.8. The Labute approximate surface area is 117 Å². The molecule has 0 aliphatic heterocycles. The second-order valence-corrected chi connectivity index (χ2v) is 5.41. The molecule has 19 heavy (non-hydrogen) atoms. The van der Waals surface area contributed by atoms with Gasteiger partial charge in [0, 0.05) is 0 Å². The highest BCUT2D eigenvalue weighted by atomic mass is 16.6. The average molecular weight is 268 g/mol. The highest BCUT2D eigenvalue weighted by Crippen LogP contribution is 2.27. The van der Waals surface area contributed by atoms with E-state index < -0.39 is 0 Å². The van der Waals surface area contributed by atoms with E-state index >= 15 is 0 Å². The number of hydrogen-bond acceptors (Lipinski definition) is 3. The lowest BCUT2D eigenvalue weighted by Gasteiger charge is -2.22. The molecule has 0 N–H and O–H groups in total. The van der Waals surface area contributed by atoms with Gasteiger partial charge < -0.3 is 4.74 Å². The van der Waals surface area contributed by atoms with Crippen molar-refractivity contribution in [2.24, 2.45) is 11.8 Å². The van der Waals surface area contributed by atoms with Crippen LogP contribution in [0.25, 0.3) is 0 Å². The molecule has 2 aliphatic rings. The molecular formula is C16H28O3. The summed E-state index contributed by atoms with van der Waals surface area (Å²) in [6.45, 7) is 4.00. The average Bonchev–Trinajstić information content (AvgIpc) is 2.51. The van der Waals surface area contributed by atoms with Crippen molar-refractivity contribution in [3.05, 3.63) is 0 Å². The maximum Gasteiger partial charge on any atom is 0.316 e. The second-order valence-electron chi connectivity index (χ2n) is 5.41. The Morgan fingerprint density at radius 1 is 0.684 bits per heavy atom. The quantitative estimate of drug-likeness (QED) is 0.555. The molecule has 0 aromatic heterocycles. The predicted molar refractivity (Wildman–Crippen MR) is 75.6 cm³/mol. The summed E-state index contributed by atoms with van der Waals surface area (Å²) < 4.78 is 5.05. The summed E-state index contributed by atoms with van der Waals surface area (Å²) in [5.41, 5.74) is 0. The van der Waals surface area contributed by atoms with E-state index in [2.05, 4.69) is 0 Å². The Morgan fingerprint density at radius 3 is 1.32 bits per heavy atom. The Balaban J connectivity index is 0.000000861. The van der Waals surface area contributed by atoms with Gasteiger partial charge in [-0.3, -0.25) is 9.59 Å². The Hall–Kier alpha value is -0.860. The molecule has 0 aromatic carbocycles. The molecule has 0 spiro atoms. The number of rotatable bonds is 2. The number of carbonyl (C=O) groups excluding carboxylic acids is 2. The van der Waals surface area contributed by atoms with E-state index in [1.54, 1.807) is 0 Å². The van der Waals surface area contributed by atoms with Crippen LogP contribution in [0.5, 0.6) is 0 Å². The van der Waals surface area contributed by atoms with Crippen LogP contribution in [0.3, 0.4) is 0 Å². The first-order chi connectivity index (χ1) is 9.27. The molecule has 3 nitrogen and oxygen atoms in total. The Kier molecular flexibility index (Phi) is 7.76. The minimum Gasteiger partial charge on any atom is -0.393 e. The van der Waals surface area contributed by atoms with E-state index in [-0.39, 0.29) is 23.8 Å². The van der Waals surface area contributed by atoms with Gasteiger partial charge in [0.05, 0.1) is 11.8 Å². The van der Waals surface area contributed by atoms with Gasteiger partial charge in [0.1, 0.15) is 0 Å². The number of esters is 2. The summed E-state index contributed by atoms with van der Waals surface area (Å²) in [7, 11) is 0. The molecule has 0 aromatic rings. The number of ether oxygens (including phenoxy) is 1. The van der Waals surface area contributed by atoms with E-state index in [1.165, 1.54) is 12.8 Å². The van der Waals surface area contributed by atoms with Crippen LogP contribution < -0.4 is 0 Å². The predicted octanol–water partition coefficient (Wildman–Crippen LogP) is 4.24. The zero-order chi connectivity index (χ0) is 14.1. The van der Waals surface area contributed by atoms with Gasteiger partial charge in [0.25, 0.3) is 0 Å². The van der Waals surface area contributed by atoms with Crippen molar-refractivity contribution < 1.29 is 14.3 Å². The molecule has 0 atom stereocenters. The minimum absolute atomic E-state index is 0.0173. The summed E-state index contributed by atoms with van der Waals surface area (Å²) in [4.78, 5) is 23.6. The summed E-state index contributed by atoms with van der Waals surface area (Å²) >= 11 is 0. The lowest BCUT2D eigenvalue weighted by molar-refractivity contribution is -0.166. The first kappa shape index (κ1) is 16.2. The van der Waals surface area contributed by atoms with E-state index in [4.69, 9.17) is 4.74 Å². The van der Waals surface area contributed by atoms with Gasteiger partial charge in [0.15, 0.2) is 0 Å². The van der Waals surface area contributed by atoms with Crippen molar-refractivity contribution in [2.45, 2.75) is 78.1 Å². The van der Waals surface area contributed by atoms with Crippen LogP contribution in [0.4, 0.5) is 0 Å². The van der Waals surface area contributed by atoms with Crippen LogP contribution in [-0.4, -0.2) is 11.9 Å². The lowest BCUT2D eigenvalue weighted by atomic mass is 9.88. The van der Waals surface area contributed by atoms with Crippen LogP contribution in [0.1, 0.15) is 78.1 Å². The van der Waals surface area contributed by atoms with E-state index in [0.29, 0.717) is 0 Å². The molecule has 0 bridgehead atoms. The summed E-state index contributed by atoms with van der Waals surface area (Å²) in [5.74, 6) is -0.562. The zero-order valence-electron chi connectivity index (χ0n) is 12.5. The standard InChI is InChI=1S/C14H22O3.C2H6/c15-13(11-7-3-1-4-8-11)17-14(16)12-9-5-2-6-10-12;1-2/h11-12H,1-10H2;1-2H3. The van der Waals surface area contributed by atoms with E-state index in [9.17, 15) is 9.59 Å². The monoisotopic (exact) mass is 268 g/mol. The SMILES string of the molecule is CC.O=C(OC(=O)C1CCCCC1)C1CCCCC1. The van der Waals surface area contributed by atoms with Gasteiger partial charge >= 0.3 is 11.9 Å². The van der Waals surface area contributed by atoms with Crippen LogP contribution >= 0.6 is 0 Å². The molecule has 0 heterocycles. The second kappa shape index (κ2) is 9.11. The summed E-state index contributed by atoms with van der Waals surface area (Å²) in [6.07, 6.45) is 10.4. The molecule has 2 fully saturated rings. The molecule has 0 amide bonds. The van der Waals surface area contributed by atoms with Gasteiger partial charge in [0.2, 0.25) is 0 Å². The largest absolute Gasteiger partial charge is 0.393 e. The number of carbonyl (C=O) groups is 2. The molecule has 0 unspecified atom stereocenters. The van der Waals surface area contributed by atoms with E-state index in [1.807, 2.05) is 13.8 Å². The van der Waals surface area contributed by atoms with Crippen molar-refractivity contribution in [2.75, 3.05) is 0 Å². The normalized spacial score (nSPS) is 21.2. The van der Waals surface area contributed by atoms with Gasteiger partial charge in [-0.05, 0) is 25.7 Å². The third kappa shape index (κ3) is 5.33. The Bertz CT molecular complexity index is 246. The highest BCUT2D eigenvalue weighted by Gasteiger charge is 2.28. The third-order valence-corrected chi connectivity index (χ3v) is 4.08. The van der Waals surface area contributed by atoms with E-state index in [0.717, 1.165) is 51.4 Å². The molecular weight excluding hydrogens is 240 g/mol. The minimum atomic E-state index is -0.264. The fraction of sp³-hybridized carbons (Fsp3) is 0.875. The van der Waals surface area contributed by atoms with Gasteiger partial charge in [-0.25, -0.2) is 0 Å². The van der Waals surface area contributed by atoms with Crippen LogP contribution in [0.15, 0.2) is 0 Å². The van der Waals surface area contributed by atoms with Crippen molar-refractivity contribution in [1.82, 2.24) is 0 Å². The van der Waals surface area contributed by atoms with Crippen LogP contribution in [-0.2, 0) is 14.3 Å². The molecule has 2 aliphatic carbocycles. The van der Waals surface area contributed by atoms with Gasteiger partial charge in [-0.1, -0.05) is 52.4 Å². The topological polar surface area (TPSA) is 43.4 Å². The zero-order valence-corrected chi connectivity index (χ0v) is 12.5. The van der Waals surface area contributed by atoms with Crippen LogP contribution in [0, 0.1) is 11.8 Å². The fourth-order valence-electron chi connectivity index (χ4n) is 2.94. The smallest absolute Gasteiger partial charge is 0.316 e. The fourth-order valence-corrected chi connectivity index (χ4v) is 2.94. The summed E-state index contributed by atoms with van der Waals surface area (Å²) in [6, 6.07) is 0.